The molecule has 6 heteroatoms. The van der Waals surface area contributed by atoms with Crippen LogP contribution in [-0.2, 0) is 4.79 Å². The molecule has 0 atom stereocenters. The van der Waals surface area contributed by atoms with Crippen molar-refractivity contribution in [1.29, 1.82) is 0 Å². The van der Waals surface area contributed by atoms with Crippen molar-refractivity contribution < 1.29 is 9.59 Å². The van der Waals surface area contributed by atoms with Gasteiger partial charge in [-0.2, -0.15) is 0 Å². The first-order valence-corrected chi connectivity index (χ1v) is 6.87. The highest BCUT2D eigenvalue weighted by molar-refractivity contribution is 8.00. The SMILES string of the molecule is Nc1ccc(SCC(=O)NC(=O)c2ccccc2)cn1. The molecule has 102 valence electrons. The van der Waals surface area contributed by atoms with Crippen LogP contribution in [0.4, 0.5) is 5.82 Å². The minimum Gasteiger partial charge on any atom is -0.384 e. The summed E-state index contributed by atoms with van der Waals surface area (Å²) in [4.78, 5) is 28.2. The lowest BCUT2D eigenvalue weighted by Gasteiger charge is -2.04. The average molecular weight is 287 g/mol. The van der Waals surface area contributed by atoms with E-state index in [0.29, 0.717) is 11.4 Å². The third-order valence-electron chi connectivity index (χ3n) is 2.42. The molecule has 2 amide bonds. The largest absolute Gasteiger partial charge is 0.384 e. The summed E-state index contributed by atoms with van der Waals surface area (Å²) in [6.07, 6.45) is 1.59. The molecule has 0 unspecified atom stereocenters. The summed E-state index contributed by atoms with van der Waals surface area (Å²) in [5.74, 6) is -0.171. The van der Waals surface area contributed by atoms with Crippen LogP contribution in [0.3, 0.4) is 0 Å². The van der Waals surface area contributed by atoms with Crippen LogP contribution in [0.2, 0.25) is 0 Å². The fourth-order valence-electron chi connectivity index (χ4n) is 1.45. The minimum atomic E-state index is -0.397. The fraction of sp³-hybridized carbons (Fsp3) is 0.0714. The Kier molecular flexibility index (Phi) is 4.73. The Morgan fingerprint density at radius 1 is 1.15 bits per heavy atom. The van der Waals surface area contributed by atoms with E-state index in [2.05, 4.69) is 10.3 Å². The number of thioether (sulfide) groups is 1. The van der Waals surface area contributed by atoms with E-state index in [0.717, 1.165) is 4.90 Å². The maximum Gasteiger partial charge on any atom is 0.257 e. The Morgan fingerprint density at radius 2 is 1.90 bits per heavy atom. The summed E-state index contributed by atoms with van der Waals surface area (Å²) < 4.78 is 0. The summed E-state index contributed by atoms with van der Waals surface area (Å²) in [7, 11) is 0. The molecule has 0 fully saturated rings. The number of nitrogen functional groups attached to an aromatic ring is 1. The second-order valence-electron chi connectivity index (χ2n) is 3.95. The molecule has 2 aromatic rings. The van der Waals surface area contributed by atoms with Gasteiger partial charge in [0.2, 0.25) is 5.91 Å². The zero-order chi connectivity index (χ0) is 14.4. The third-order valence-corrected chi connectivity index (χ3v) is 3.40. The molecule has 1 aromatic heterocycles. The van der Waals surface area contributed by atoms with Crippen molar-refractivity contribution in [2.24, 2.45) is 0 Å². The zero-order valence-electron chi connectivity index (χ0n) is 10.6. The first kappa shape index (κ1) is 14.1. The van der Waals surface area contributed by atoms with E-state index in [1.807, 2.05) is 6.07 Å². The highest BCUT2D eigenvalue weighted by Crippen LogP contribution is 2.16. The molecule has 0 saturated heterocycles. The Bertz CT molecular complexity index is 600. The number of nitrogens with zero attached hydrogens (tertiary/aromatic N) is 1. The van der Waals surface area contributed by atoms with Gasteiger partial charge < -0.3 is 5.73 Å². The lowest BCUT2D eigenvalue weighted by molar-refractivity contribution is -0.117. The number of carbonyl (C=O) groups is 2. The van der Waals surface area contributed by atoms with Gasteiger partial charge in [-0.25, -0.2) is 4.98 Å². The Labute approximate surface area is 120 Å². The number of nitrogens with two attached hydrogens (primary N) is 1. The van der Waals surface area contributed by atoms with E-state index in [1.165, 1.54) is 11.8 Å². The van der Waals surface area contributed by atoms with Crippen LogP contribution in [0.15, 0.2) is 53.6 Å². The number of aromatic nitrogens is 1. The normalized spacial score (nSPS) is 10.0. The molecule has 0 saturated carbocycles. The predicted molar refractivity (Wildman–Crippen MR) is 78.3 cm³/mol. The van der Waals surface area contributed by atoms with Gasteiger partial charge in [0, 0.05) is 16.7 Å². The smallest absolute Gasteiger partial charge is 0.257 e. The molecule has 3 N–H and O–H groups in total. The molecule has 20 heavy (non-hydrogen) atoms. The number of anilines is 1. The van der Waals surface area contributed by atoms with Crippen LogP contribution in [0, 0.1) is 0 Å². The van der Waals surface area contributed by atoms with Gasteiger partial charge in [0.15, 0.2) is 0 Å². The van der Waals surface area contributed by atoms with Gasteiger partial charge in [0.1, 0.15) is 5.82 Å². The van der Waals surface area contributed by atoms with Gasteiger partial charge >= 0.3 is 0 Å². The van der Waals surface area contributed by atoms with Crippen LogP contribution in [0.5, 0.6) is 0 Å². The van der Waals surface area contributed by atoms with Crippen LogP contribution in [0.1, 0.15) is 10.4 Å². The number of imide groups is 1. The van der Waals surface area contributed by atoms with Gasteiger partial charge in [-0.3, -0.25) is 14.9 Å². The van der Waals surface area contributed by atoms with E-state index in [4.69, 9.17) is 5.73 Å². The highest BCUT2D eigenvalue weighted by atomic mass is 32.2. The summed E-state index contributed by atoms with van der Waals surface area (Å²) in [6.45, 7) is 0. The minimum absolute atomic E-state index is 0.143. The van der Waals surface area contributed by atoms with Crippen molar-refractivity contribution >= 4 is 29.4 Å². The summed E-state index contributed by atoms with van der Waals surface area (Å²) in [5.41, 5.74) is 5.93. The summed E-state index contributed by atoms with van der Waals surface area (Å²) in [6, 6.07) is 12.0. The molecule has 0 bridgehead atoms. The van der Waals surface area contributed by atoms with E-state index in [-0.39, 0.29) is 11.7 Å². The summed E-state index contributed by atoms with van der Waals surface area (Å²) in [5, 5.41) is 2.33. The van der Waals surface area contributed by atoms with Crippen molar-refractivity contribution in [2.75, 3.05) is 11.5 Å². The van der Waals surface area contributed by atoms with Crippen molar-refractivity contribution in [3.8, 4) is 0 Å². The highest BCUT2D eigenvalue weighted by Gasteiger charge is 2.10. The Morgan fingerprint density at radius 3 is 2.55 bits per heavy atom. The lowest BCUT2D eigenvalue weighted by atomic mass is 10.2. The van der Waals surface area contributed by atoms with Gasteiger partial charge in [0.25, 0.3) is 5.91 Å². The molecule has 1 aromatic carbocycles. The topological polar surface area (TPSA) is 85.1 Å². The number of hydrogen-bond acceptors (Lipinski definition) is 5. The van der Waals surface area contributed by atoms with E-state index < -0.39 is 5.91 Å². The molecule has 5 nitrogen and oxygen atoms in total. The summed E-state index contributed by atoms with van der Waals surface area (Å²) >= 11 is 1.29. The van der Waals surface area contributed by atoms with Gasteiger partial charge in [-0.15, -0.1) is 11.8 Å². The first-order valence-electron chi connectivity index (χ1n) is 5.89. The number of hydrogen-bond donors (Lipinski definition) is 2. The van der Waals surface area contributed by atoms with Gasteiger partial charge in [0.05, 0.1) is 5.75 Å². The second-order valence-corrected chi connectivity index (χ2v) is 5.00. The number of carbonyl (C=O) groups excluding carboxylic acids is 2. The standard InChI is InChI=1S/C14H13N3O2S/c15-12-7-6-11(8-16-12)20-9-13(18)17-14(19)10-4-2-1-3-5-10/h1-8H,9H2,(H2,15,16)(H,17,18,19). The number of pyridine rings is 1. The number of nitrogens with one attached hydrogen (secondary N) is 1. The number of benzene rings is 1. The second kappa shape index (κ2) is 6.72. The predicted octanol–water partition coefficient (Wildman–Crippen LogP) is 1.71. The maximum atomic E-state index is 11.7. The molecular weight excluding hydrogens is 274 g/mol. The van der Waals surface area contributed by atoms with Gasteiger partial charge in [-0.1, -0.05) is 18.2 Å². The molecule has 2 rings (SSSR count). The van der Waals surface area contributed by atoms with Crippen LogP contribution in [0.25, 0.3) is 0 Å². The molecule has 1 heterocycles. The van der Waals surface area contributed by atoms with Crippen molar-refractivity contribution in [2.45, 2.75) is 4.90 Å². The van der Waals surface area contributed by atoms with Crippen LogP contribution < -0.4 is 11.1 Å². The maximum absolute atomic E-state index is 11.7. The molecular formula is C14H13N3O2S. The zero-order valence-corrected chi connectivity index (χ0v) is 11.4. The number of rotatable bonds is 4. The number of amides is 2. The average Bonchev–Trinajstić information content (AvgIpc) is 2.47. The van der Waals surface area contributed by atoms with E-state index in [1.54, 1.807) is 42.6 Å². The first-order chi connectivity index (χ1) is 9.65. The molecule has 0 radical (unpaired) electrons. The molecule has 0 spiro atoms. The van der Waals surface area contributed by atoms with Crippen LogP contribution in [-0.4, -0.2) is 22.6 Å². The third kappa shape index (κ3) is 4.10. The van der Waals surface area contributed by atoms with Gasteiger partial charge in [-0.05, 0) is 24.3 Å². The van der Waals surface area contributed by atoms with Crippen LogP contribution >= 0.6 is 11.8 Å². The lowest BCUT2D eigenvalue weighted by Crippen LogP contribution is -2.31. The molecule has 0 aliphatic carbocycles. The quantitative estimate of drug-likeness (QED) is 0.836. The molecule has 0 aliphatic rings. The van der Waals surface area contributed by atoms with Crippen molar-refractivity contribution in [1.82, 2.24) is 10.3 Å². The Balaban J connectivity index is 1.84. The monoisotopic (exact) mass is 287 g/mol. The van der Waals surface area contributed by atoms with Crippen molar-refractivity contribution in [3.63, 3.8) is 0 Å². The Hall–Kier alpha value is -2.34. The molecule has 0 aliphatic heterocycles. The van der Waals surface area contributed by atoms with E-state index in [9.17, 15) is 9.59 Å². The van der Waals surface area contributed by atoms with E-state index >= 15 is 0 Å². The fourth-order valence-corrected chi connectivity index (χ4v) is 2.11. The van der Waals surface area contributed by atoms with Crippen molar-refractivity contribution in [3.05, 3.63) is 54.2 Å².